The zero-order valence-electron chi connectivity index (χ0n) is 15.7. The number of rotatable bonds is 2. The van der Waals surface area contributed by atoms with E-state index in [1.54, 1.807) is 11.9 Å². The van der Waals surface area contributed by atoms with Crippen molar-refractivity contribution < 1.29 is 9.53 Å². The van der Waals surface area contributed by atoms with Gasteiger partial charge in [-0.25, -0.2) is 4.79 Å². The second-order valence-corrected chi connectivity index (χ2v) is 7.47. The zero-order chi connectivity index (χ0) is 18.1. The minimum Gasteiger partial charge on any atom is -0.443 e. The third-order valence-corrected chi connectivity index (χ3v) is 3.67. The Morgan fingerprint density at radius 1 is 0.833 bits per heavy atom. The molecule has 0 saturated carbocycles. The number of carbonyl (C=O) groups is 1. The van der Waals surface area contributed by atoms with Gasteiger partial charge < -0.3 is 4.74 Å². The van der Waals surface area contributed by atoms with Crippen LogP contribution in [0, 0.1) is 20.8 Å². The van der Waals surface area contributed by atoms with Crippen LogP contribution in [0.1, 0.15) is 37.5 Å². The minimum absolute atomic E-state index is 0.348. The summed E-state index contributed by atoms with van der Waals surface area (Å²) in [7, 11) is 1.74. The molecule has 2 rings (SSSR count). The zero-order valence-corrected chi connectivity index (χ0v) is 15.7. The summed E-state index contributed by atoms with van der Waals surface area (Å²) in [6.07, 6.45) is -0.348. The molecule has 0 heterocycles. The predicted octanol–water partition coefficient (Wildman–Crippen LogP) is 5.65. The third kappa shape index (κ3) is 4.60. The average Bonchev–Trinajstić information content (AvgIpc) is 2.43. The van der Waals surface area contributed by atoms with Crippen LogP contribution in [0.25, 0.3) is 11.1 Å². The Morgan fingerprint density at radius 3 is 1.79 bits per heavy atom. The van der Waals surface area contributed by atoms with Crippen molar-refractivity contribution >= 4 is 11.8 Å². The van der Waals surface area contributed by atoms with Gasteiger partial charge in [0.25, 0.3) is 0 Å². The van der Waals surface area contributed by atoms with Crippen LogP contribution in [0.3, 0.4) is 0 Å². The second-order valence-electron chi connectivity index (χ2n) is 7.47. The number of hydrogen-bond acceptors (Lipinski definition) is 2. The molecule has 0 aliphatic heterocycles. The van der Waals surface area contributed by atoms with Gasteiger partial charge in [0.15, 0.2) is 0 Å². The Balaban J connectivity index is 2.40. The Bertz CT molecular complexity index is 737. The summed E-state index contributed by atoms with van der Waals surface area (Å²) in [5, 5.41) is 0. The van der Waals surface area contributed by atoms with Gasteiger partial charge in [0.2, 0.25) is 0 Å². The van der Waals surface area contributed by atoms with Gasteiger partial charge in [-0.05, 0) is 70.4 Å². The molecule has 0 N–H and O–H groups in total. The molecule has 0 aliphatic rings. The summed E-state index contributed by atoms with van der Waals surface area (Å²) in [4.78, 5) is 13.9. The highest BCUT2D eigenvalue weighted by Crippen LogP contribution is 2.28. The number of ether oxygens (including phenoxy) is 1. The lowest BCUT2D eigenvalue weighted by Gasteiger charge is -2.25. The van der Waals surface area contributed by atoms with Crippen molar-refractivity contribution in [2.45, 2.75) is 47.1 Å². The molecule has 0 saturated heterocycles. The van der Waals surface area contributed by atoms with Crippen molar-refractivity contribution in [1.29, 1.82) is 0 Å². The van der Waals surface area contributed by atoms with Crippen LogP contribution in [0.5, 0.6) is 0 Å². The third-order valence-electron chi connectivity index (χ3n) is 3.67. The van der Waals surface area contributed by atoms with E-state index in [2.05, 4.69) is 38.1 Å². The monoisotopic (exact) mass is 325 g/mol. The van der Waals surface area contributed by atoms with Crippen LogP contribution in [0.2, 0.25) is 0 Å². The minimum atomic E-state index is -0.508. The number of amides is 1. The van der Waals surface area contributed by atoms with Crippen molar-refractivity contribution in [1.82, 2.24) is 0 Å². The molecule has 1 amide bonds. The molecule has 128 valence electrons. The lowest BCUT2D eigenvalue weighted by atomic mass is 9.98. The maximum Gasteiger partial charge on any atom is 0.414 e. The molecule has 3 heteroatoms. The first-order chi connectivity index (χ1) is 11.0. The maximum atomic E-state index is 12.3. The van der Waals surface area contributed by atoms with Crippen molar-refractivity contribution in [3.63, 3.8) is 0 Å². The van der Waals surface area contributed by atoms with Gasteiger partial charge in [0.05, 0.1) is 0 Å². The van der Waals surface area contributed by atoms with E-state index in [0.717, 1.165) is 22.4 Å². The molecule has 0 aromatic heterocycles. The largest absolute Gasteiger partial charge is 0.443 e. The molecule has 3 nitrogen and oxygen atoms in total. The van der Waals surface area contributed by atoms with E-state index in [9.17, 15) is 4.79 Å². The molecule has 0 atom stereocenters. The van der Waals surface area contributed by atoms with Crippen molar-refractivity contribution in [3.05, 3.63) is 53.1 Å². The van der Waals surface area contributed by atoms with Crippen LogP contribution in [-0.2, 0) is 4.74 Å². The first-order valence-corrected chi connectivity index (χ1v) is 8.22. The molecule has 0 aliphatic carbocycles. The molecule has 0 radical (unpaired) electrons. The Labute approximate surface area is 145 Å². The number of benzene rings is 2. The van der Waals surface area contributed by atoms with Crippen LogP contribution in [0.4, 0.5) is 10.5 Å². The lowest BCUT2D eigenvalue weighted by Crippen LogP contribution is -2.34. The summed E-state index contributed by atoms with van der Waals surface area (Å²) in [6.45, 7) is 11.8. The Morgan fingerprint density at radius 2 is 1.29 bits per heavy atom. The van der Waals surface area contributed by atoms with Gasteiger partial charge in [0.1, 0.15) is 5.60 Å². The highest BCUT2D eigenvalue weighted by Gasteiger charge is 2.21. The van der Waals surface area contributed by atoms with Crippen LogP contribution in [0.15, 0.2) is 36.4 Å². The standard InChI is InChI=1S/C21H27NO2/c1-14-8-15(2)10-17(9-14)18-11-16(3)12-19(13-18)22(7)20(23)24-21(4,5)6/h8-13H,1-7H3. The van der Waals surface area contributed by atoms with E-state index in [4.69, 9.17) is 4.74 Å². The van der Waals surface area contributed by atoms with Gasteiger partial charge in [-0.1, -0.05) is 35.4 Å². The first-order valence-electron chi connectivity index (χ1n) is 8.22. The van der Waals surface area contributed by atoms with Crippen molar-refractivity contribution in [2.75, 3.05) is 11.9 Å². The number of carbonyl (C=O) groups excluding carboxylic acids is 1. The number of nitrogens with zero attached hydrogens (tertiary/aromatic N) is 1. The Kier molecular flexibility index (Phi) is 5.02. The summed E-state index contributed by atoms with van der Waals surface area (Å²) in [5.74, 6) is 0. The summed E-state index contributed by atoms with van der Waals surface area (Å²) >= 11 is 0. The predicted molar refractivity (Wildman–Crippen MR) is 101 cm³/mol. The van der Waals surface area contributed by atoms with E-state index in [1.165, 1.54) is 11.1 Å². The van der Waals surface area contributed by atoms with Crippen molar-refractivity contribution in [3.8, 4) is 11.1 Å². The highest BCUT2D eigenvalue weighted by molar-refractivity contribution is 5.88. The van der Waals surface area contributed by atoms with Gasteiger partial charge in [-0.3, -0.25) is 4.90 Å². The molecule has 2 aromatic carbocycles. The van der Waals surface area contributed by atoms with Crippen LogP contribution < -0.4 is 4.90 Å². The average molecular weight is 325 g/mol. The fourth-order valence-corrected chi connectivity index (χ4v) is 2.70. The summed E-state index contributed by atoms with van der Waals surface area (Å²) in [5.41, 5.74) is 6.16. The Hall–Kier alpha value is -2.29. The van der Waals surface area contributed by atoms with Gasteiger partial charge in [-0.15, -0.1) is 0 Å². The van der Waals surface area contributed by atoms with Crippen LogP contribution in [-0.4, -0.2) is 18.7 Å². The molecule has 2 aromatic rings. The normalized spacial score (nSPS) is 11.3. The second kappa shape index (κ2) is 6.68. The van der Waals surface area contributed by atoms with Crippen molar-refractivity contribution in [2.24, 2.45) is 0 Å². The summed E-state index contributed by atoms with van der Waals surface area (Å²) in [6, 6.07) is 12.7. The highest BCUT2D eigenvalue weighted by atomic mass is 16.6. The number of anilines is 1. The molecule has 0 bridgehead atoms. The lowest BCUT2D eigenvalue weighted by molar-refractivity contribution is 0.0589. The first kappa shape index (κ1) is 18.1. The molecule has 0 unspecified atom stereocenters. The van der Waals surface area contributed by atoms with E-state index >= 15 is 0 Å². The molecule has 0 spiro atoms. The quantitative estimate of drug-likeness (QED) is 0.714. The van der Waals surface area contributed by atoms with Gasteiger partial charge >= 0.3 is 6.09 Å². The fraction of sp³-hybridized carbons (Fsp3) is 0.381. The molecule has 0 fully saturated rings. The number of aryl methyl sites for hydroxylation is 3. The molecule has 24 heavy (non-hydrogen) atoms. The number of hydrogen-bond donors (Lipinski definition) is 0. The fourth-order valence-electron chi connectivity index (χ4n) is 2.70. The van der Waals surface area contributed by atoms with Crippen LogP contribution >= 0.6 is 0 Å². The van der Waals surface area contributed by atoms with E-state index < -0.39 is 5.60 Å². The van der Waals surface area contributed by atoms with Gasteiger partial charge in [-0.2, -0.15) is 0 Å². The molecular formula is C21H27NO2. The van der Waals surface area contributed by atoms with E-state index in [1.807, 2.05) is 39.8 Å². The van der Waals surface area contributed by atoms with E-state index in [-0.39, 0.29) is 6.09 Å². The van der Waals surface area contributed by atoms with Gasteiger partial charge in [0, 0.05) is 12.7 Å². The maximum absolute atomic E-state index is 12.3. The topological polar surface area (TPSA) is 29.5 Å². The van der Waals surface area contributed by atoms with E-state index in [0.29, 0.717) is 0 Å². The smallest absolute Gasteiger partial charge is 0.414 e. The summed E-state index contributed by atoms with van der Waals surface area (Å²) < 4.78 is 5.46. The SMILES string of the molecule is Cc1cc(C)cc(-c2cc(C)cc(N(C)C(=O)OC(C)(C)C)c2)c1. The molecular weight excluding hydrogens is 298 g/mol.